The van der Waals surface area contributed by atoms with E-state index in [1.165, 1.54) is 74.9 Å². The Morgan fingerprint density at radius 2 is 0.680 bits per heavy atom. The molecular formula is C77H53BF11KN2O3PS4. The van der Waals surface area contributed by atoms with E-state index in [0.717, 1.165) is 49.6 Å². The third-order valence-electron chi connectivity index (χ3n) is 16.1. The topological polar surface area (TPSA) is 60.9 Å². The van der Waals surface area contributed by atoms with Crippen molar-refractivity contribution < 1.29 is 114 Å². The van der Waals surface area contributed by atoms with Gasteiger partial charge in [-0.2, -0.15) is 47.9 Å². The van der Waals surface area contributed by atoms with E-state index in [1.54, 1.807) is 11.3 Å². The van der Waals surface area contributed by atoms with Crippen LogP contribution in [0.3, 0.4) is 0 Å². The van der Waals surface area contributed by atoms with Gasteiger partial charge in [-0.25, -0.2) is 0 Å². The summed E-state index contributed by atoms with van der Waals surface area (Å²) >= 11 is 7.61. The van der Waals surface area contributed by atoms with Gasteiger partial charge in [0, 0.05) is 58.4 Å². The molecule has 0 bridgehead atoms. The molecule has 0 aliphatic carbocycles. The first-order valence-corrected chi connectivity index (χ1v) is 35.1. The third-order valence-corrected chi connectivity index (χ3v) is 19.8. The number of phenols is 1. The van der Waals surface area contributed by atoms with E-state index in [0.29, 0.717) is 20.3 Å². The first-order chi connectivity index (χ1) is 47.4. The maximum absolute atomic E-state index is 12.1. The van der Waals surface area contributed by atoms with Crippen molar-refractivity contribution in [2.45, 2.75) is 30.2 Å². The zero-order valence-electron chi connectivity index (χ0n) is 53.7. The summed E-state index contributed by atoms with van der Waals surface area (Å²) in [4.78, 5) is 4.53. The molecule has 100 heavy (non-hydrogen) atoms. The number of phenolic OH excluding ortho intramolecular Hbond substituents is 1. The number of fused-ring (bicyclic) bond motifs is 6. The number of aromatic hydroxyl groups is 1. The van der Waals surface area contributed by atoms with Gasteiger partial charge in [0.15, 0.2) is 5.75 Å². The summed E-state index contributed by atoms with van der Waals surface area (Å²) in [6.45, 7) is 2.26. The Labute approximate surface area is 628 Å². The van der Waals surface area contributed by atoms with Crippen LogP contribution in [0.15, 0.2) is 291 Å². The van der Waals surface area contributed by atoms with Gasteiger partial charge in [-0.15, -0.1) is 22.7 Å². The monoisotopic (exact) mass is 1470 g/mol. The molecule has 14 rings (SSSR count). The van der Waals surface area contributed by atoms with Crippen LogP contribution >= 0.6 is 29.9 Å². The van der Waals surface area contributed by atoms with E-state index in [-0.39, 0.29) is 52.8 Å². The summed E-state index contributed by atoms with van der Waals surface area (Å²) in [5.74, 6) is -14.6. The Balaban J connectivity index is 0.000000182. The molecule has 0 spiro atoms. The SMILES string of the molecule is Cc1c(N(c2ccc(-c3ccccc3)cc2)c2ccc(-c3ccccc3)cc2)ccc2c1sc1ccccc12.F[B]P=S.O=S(=O)(F)C(F)(F)C(F)(F)C(F)(F)C(F)(F)F.Oc1c(N(c2ccc(-c3ccccc3)cc2)c2ccc(-c3ccccc3)cc2)ccc2c1sc1ccccc12.[H-].[K+]. The molecule has 0 aliphatic heterocycles. The van der Waals surface area contributed by atoms with Crippen molar-refractivity contribution in [3.05, 3.63) is 297 Å². The fourth-order valence-corrected chi connectivity index (χ4v) is 14.0. The number of thiophene rings is 2. The Kier molecular flexibility index (Phi) is 23.7. The van der Waals surface area contributed by atoms with Crippen LogP contribution in [-0.4, -0.2) is 44.1 Å². The quantitative estimate of drug-likeness (QED) is 0.0507. The van der Waals surface area contributed by atoms with Crippen LogP contribution < -0.4 is 61.2 Å². The summed E-state index contributed by atoms with van der Waals surface area (Å²) in [7, 11) is -6.96. The maximum atomic E-state index is 12.1. The number of hydrogen-bond donors (Lipinski definition) is 1. The molecule has 0 amide bonds. The second-order valence-electron chi connectivity index (χ2n) is 22.2. The van der Waals surface area contributed by atoms with E-state index in [4.69, 9.17) is 0 Å². The van der Waals surface area contributed by atoms with Gasteiger partial charge in [0.1, 0.15) is 0 Å². The number of nitrogens with zero attached hydrogens (tertiary/aromatic N) is 2. The van der Waals surface area contributed by atoms with Crippen LogP contribution in [0.25, 0.3) is 84.9 Å². The number of rotatable bonds is 14. The van der Waals surface area contributed by atoms with E-state index in [2.05, 4.69) is 289 Å². The van der Waals surface area contributed by atoms with Crippen LogP contribution in [0.1, 0.15) is 6.99 Å². The average molecular weight is 1470 g/mol. The van der Waals surface area contributed by atoms with Gasteiger partial charge in [-0.3, -0.25) is 0 Å². The van der Waals surface area contributed by atoms with Crippen molar-refractivity contribution in [3.8, 4) is 50.3 Å². The van der Waals surface area contributed by atoms with Crippen LogP contribution in [0.2, 0.25) is 0 Å². The molecule has 1 N–H and O–H groups in total. The molecule has 2 aromatic heterocycles. The van der Waals surface area contributed by atoms with Gasteiger partial charge in [0.25, 0.3) is 0 Å². The number of halogens is 11. The molecular weight excluding hydrogens is 1420 g/mol. The molecule has 499 valence electrons. The van der Waals surface area contributed by atoms with Gasteiger partial charge >= 0.3 is 92.2 Å². The predicted molar refractivity (Wildman–Crippen MR) is 389 cm³/mol. The van der Waals surface area contributed by atoms with Gasteiger partial charge < -0.3 is 20.6 Å². The fourth-order valence-electron chi connectivity index (χ4n) is 11.2. The Morgan fingerprint density at radius 1 is 0.400 bits per heavy atom. The zero-order chi connectivity index (χ0) is 70.3. The summed E-state index contributed by atoms with van der Waals surface area (Å²) in [6, 6.07) is 103. The van der Waals surface area contributed by atoms with Crippen molar-refractivity contribution >= 4 is 134 Å². The summed E-state index contributed by atoms with van der Waals surface area (Å²) < 4.78 is 152. The zero-order valence-corrected chi connectivity index (χ0v) is 60.0. The van der Waals surface area contributed by atoms with Crippen LogP contribution in [0.4, 0.5) is 81.8 Å². The minimum atomic E-state index is -7.67. The molecule has 1 radical (unpaired) electrons. The van der Waals surface area contributed by atoms with E-state index >= 15 is 0 Å². The molecule has 14 aromatic rings. The minimum Gasteiger partial charge on any atom is -1.00 e. The molecule has 12 aromatic carbocycles. The summed E-state index contributed by atoms with van der Waals surface area (Å²) in [5.41, 5.74) is 17.1. The third kappa shape index (κ3) is 15.7. The van der Waals surface area contributed by atoms with Crippen LogP contribution in [0.5, 0.6) is 5.75 Å². The smallest absolute Gasteiger partial charge is 1.00 e. The number of anilines is 6. The first kappa shape index (κ1) is 74.6. The summed E-state index contributed by atoms with van der Waals surface area (Å²) in [6.07, 6.45) is -7.19. The molecule has 0 atom stereocenters. The van der Waals surface area contributed by atoms with Crippen molar-refractivity contribution in [2.24, 2.45) is 0 Å². The standard InChI is InChI=1S/C37H27NS.C36H25NOS.C4F10O2S.BFPS.K.H/c1-26-35(25-24-34-33-14-8-9-15-36(33)39-37(26)34)38(31-20-16-29(17-21-31)27-10-4-2-5-11-27)32-22-18-30(19-23-32)28-12-6-3-7-13-28;38-35-33(24-23-32-31-13-7-8-14-34(31)39-36(32)35)37(29-19-15-27(16-20-29)25-9-3-1-4-10-25)30-21-17-28(18-22-30)26-11-5-2-6-12-26;5-1(6,3(9,10)11)2(7,8)4(12,13)17(14,15)16;2-1-3-4;;/h2-25H,1H3;1-24,38H;;;;/q;;;;+1;-1. The molecule has 2 heterocycles. The normalized spacial score (nSPS) is 11.8. The Bertz CT molecular complexity index is 4780. The largest absolute Gasteiger partial charge is 1.00 e. The molecule has 0 aliphatic rings. The maximum Gasteiger partial charge on any atom is 1.00 e. The second-order valence-corrected chi connectivity index (χ2v) is 26.8. The van der Waals surface area contributed by atoms with Gasteiger partial charge in [-0.1, -0.05) is 234 Å². The molecule has 0 saturated carbocycles. The Hall–Kier alpha value is -8.12. The van der Waals surface area contributed by atoms with E-state index < -0.39 is 33.5 Å². The van der Waals surface area contributed by atoms with Crippen molar-refractivity contribution in [1.29, 1.82) is 0 Å². The van der Waals surface area contributed by atoms with E-state index in [1.807, 2.05) is 41.7 Å². The second kappa shape index (κ2) is 31.8. The molecule has 0 saturated heterocycles. The van der Waals surface area contributed by atoms with Crippen LogP contribution in [-0.2, 0) is 22.0 Å². The Morgan fingerprint density at radius 3 is 1.00 bits per heavy atom. The van der Waals surface area contributed by atoms with Crippen molar-refractivity contribution in [1.82, 2.24) is 0 Å². The number of aryl methyl sites for hydroxylation is 1. The van der Waals surface area contributed by atoms with Gasteiger partial charge in [0.2, 0.25) is 0 Å². The number of alkyl halides is 9. The molecule has 23 heteroatoms. The first-order valence-electron chi connectivity index (χ1n) is 30.1. The van der Waals surface area contributed by atoms with Gasteiger partial charge in [-0.05, 0) is 137 Å². The van der Waals surface area contributed by atoms with Gasteiger partial charge in [0.05, 0.1) is 16.1 Å². The minimum absolute atomic E-state index is 0. The number of hydrogen-bond acceptors (Lipinski definition) is 8. The predicted octanol–water partition coefficient (Wildman–Crippen LogP) is 22.5. The van der Waals surface area contributed by atoms with Crippen molar-refractivity contribution in [2.75, 3.05) is 9.80 Å². The average Bonchev–Trinajstić information content (AvgIpc) is 1.53. The molecule has 5 nitrogen and oxygen atoms in total. The van der Waals surface area contributed by atoms with E-state index in [9.17, 15) is 61.2 Å². The van der Waals surface area contributed by atoms with Crippen LogP contribution in [0, 0.1) is 6.92 Å². The van der Waals surface area contributed by atoms with Crippen molar-refractivity contribution in [3.63, 3.8) is 0 Å². The molecule has 0 fully saturated rings. The fraction of sp³-hybridized carbons (Fsp3) is 0.0649. The molecule has 0 unspecified atom stereocenters. The number of benzene rings is 12. The summed E-state index contributed by atoms with van der Waals surface area (Å²) in [5, 5.41) is 9.37.